The molecule has 88 valence electrons. The molecule has 0 N–H and O–H groups in total. The topological polar surface area (TPSA) is 0 Å². The number of aryl methyl sites for hydroxylation is 1. The average Bonchev–Trinajstić information content (AvgIpc) is 2.61. The molecule has 0 bridgehead atoms. The van der Waals surface area contributed by atoms with Crippen molar-refractivity contribution in [1.29, 1.82) is 0 Å². The standard InChI is InChI=1S/C15H21Cl/c1-3-5-12-6-4-7-13(10-12)15(2)9-8-14(16)11-15/h4,6-7,10,14H,3,5,8-9,11H2,1-2H3. The van der Waals surface area contributed by atoms with Crippen molar-refractivity contribution in [2.24, 2.45) is 0 Å². The SMILES string of the molecule is CCCc1cccc(C2(C)CCC(Cl)C2)c1. The zero-order valence-electron chi connectivity index (χ0n) is 10.3. The molecule has 16 heavy (non-hydrogen) atoms. The van der Waals surface area contributed by atoms with Crippen molar-refractivity contribution >= 4 is 11.6 Å². The number of halogens is 1. The summed E-state index contributed by atoms with van der Waals surface area (Å²) in [7, 11) is 0. The summed E-state index contributed by atoms with van der Waals surface area (Å²) in [6.07, 6.45) is 5.93. The largest absolute Gasteiger partial charge is 0.123 e. The minimum absolute atomic E-state index is 0.316. The Hall–Kier alpha value is -0.490. The number of rotatable bonds is 3. The maximum atomic E-state index is 6.25. The molecule has 1 aromatic carbocycles. The van der Waals surface area contributed by atoms with Gasteiger partial charge in [-0.1, -0.05) is 44.5 Å². The molecule has 2 unspecified atom stereocenters. The summed E-state index contributed by atoms with van der Waals surface area (Å²) in [4.78, 5) is 0. The van der Waals surface area contributed by atoms with Gasteiger partial charge in [-0.2, -0.15) is 0 Å². The van der Waals surface area contributed by atoms with Gasteiger partial charge in [-0.15, -0.1) is 11.6 Å². The second kappa shape index (κ2) is 4.79. The first kappa shape index (κ1) is 12.0. The van der Waals surface area contributed by atoms with Gasteiger partial charge in [0, 0.05) is 5.38 Å². The molecular weight excluding hydrogens is 216 g/mol. The van der Waals surface area contributed by atoms with E-state index in [1.54, 1.807) is 0 Å². The average molecular weight is 237 g/mol. The van der Waals surface area contributed by atoms with E-state index in [1.165, 1.54) is 30.4 Å². The molecular formula is C15H21Cl. The lowest BCUT2D eigenvalue weighted by molar-refractivity contribution is 0.491. The van der Waals surface area contributed by atoms with Crippen LogP contribution >= 0.6 is 11.6 Å². The van der Waals surface area contributed by atoms with Gasteiger partial charge in [-0.05, 0) is 42.2 Å². The predicted molar refractivity (Wildman–Crippen MR) is 71.3 cm³/mol. The fourth-order valence-electron chi connectivity index (χ4n) is 2.82. The lowest BCUT2D eigenvalue weighted by atomic mass is 9.80. The van der Waals surface area contributed by atoms with Gasteiger partial charge in [0.2, 0.25) is 0 Å². The second-order valence-electron chi connectivity index (χ2n) is 5.35. The zero-order valence-corrected chi connectivity index (χ0v) is 11.1. The van der Waals surface area contributed by atoms with Crippen molar-refractivity contribution in [1.82, 2.24) is 0 Å². The first-order valence-corrected chi connectivity index (χ1v) is 6.81. The molecule has 1 saturated carbocycles. The van der Waals surface area contributed by atoms with Crippen LogP contribution in [0.25, 0.3) is 0 Å². The van der Waals surface area contributed by atoms with Crippen LogP contribution in [0.1, 0.15) is 50.7 Å². The molecule has 0 aliphatic heterocycles. The Morgan fingerprint density at radius 3 is 2.88 bits per heavy atom. The van der Waals surface area contributed by atoms with Gasteiger partial charge in [0.25, 0.3) is 0 Å². The van der Waals surface area contributed by atoms with E-state index in [2.05, 4.69) is 38.1 Å². The zero-order chi connectivity index (χ0) is 11.6. The summed E-state index contributed by atoms with van der Waals surface area (Å²) in [5.74, 6) is 0. The minimum atomic E-state index is 0.316. The van der Waals surface area contributed by atoms with Crippen LogP contribution in [0.5, 0.6) is 0 Å². The Balaban J connectivity index is 2.22. The third kappa shape index (κ3) is 2.43. The van der Waals surface area contributed by atoms with Crippen LogP contribution in [-0.2, 0) is 11.8 Å². The molecule has 1 fully saturated rings. The molecule has 0 radical (unpaired) electrons. The van der Waals surface area contributed by atoms with Crippen LogP contribution in [-0.4, -0.2) is 5.38 Å². The fourth-order valence-corrected chi connectivity index (χ4v) is 3.27. The highest BCUT2D eigenvalue weighted by Gasteiger charge is 2.35. The molecule has 1 aliphatic carbocycles. The highest BCUT2D eigenvalue weighted by atomic mass is 35.5. The number of benzene rings is 1. The normalized spacial score (nSPS) is 29.6. The van der Waals surface area contributed by atoms with E-state index in [0.717, 1.165) is 12.8 Å². The van der Waals surface area contributed by atoms with E-state index in [1.807, 2.05) is 0 Å². The molecule has 1 aromatic rings. The summed E-state index contributed by atoms with van der Waals surface area (Å²) in [5.41, 5.74) is 3.27. The smallest absolute Gasteiger partial charge is 0.0344 e. The lowest BCUT2D eigenvalue weighted by Crippen LogP contribution is -2.18. The van der Waals surface area contributed by atoms with E-state index < -0.39 is 0 Å². The van der Waals surface area contributed by atoms with Gasteiger partial charge in [0.15, 0.2) is 0 Å². The monoisotopic (exact) mass is 236 g/mol. The summed E-state index contributed by atoms with van der Waals surface area (Å²) in [5, 5.41) is 0.375. The van der Waals surface area contributed by atoms with E-state index in [0.29, 0.717) is 10.8 Å². The fraction of sp³-hybridized carbons (Fsp3) is 0.600. The van der Waals surface area contributed by atoms with Crippen LogP contribution in [0, 0.1) is 0 Å². The third-order valence-corrected chi connectivity index (χ3v) is 4.22. The number of hydrogen-bond acceptors (Lipinski definition) is 0. The van der Waals surface area contributed by atoms with Crippen LogP contribution in [0.4, 0.5) is 0 Å². The third-order valence-electron chi connectivity index (χ3n) is 3.84. The lowest BCUT2D eigenvalue weighted by Gasteiger charge is -2.25. The first-order chi connectivity index (χ1) is 7.64. The van der Waals surface area contributed by atoms with Gasteiger partial charge in [-0.25, -0.2) is 0 Å². The van der Waals surface area contributed by atoms with E-state index >= 15 is 0 Å². The van der Waals surface area contributed by atoms with Crippen LogP contribution in [0.3, 0.4) is 0 Å². The van der Waals surface area contributed by atoms with E-state index in [9.17, 15) is 0 Å². The molecule has 0 amide bonds. The Morgan fingerprint density at radius 1 is 1.44 bits per heavy atom. The minimum Gasteiger partial charge on any atom is -0.123 e. The molecule has 0 spiro atoms. The van der Waals surface area contributed by atoms with Crippen molar-refractivity contribution in [2.75, 3.05) is 0 Å². The predicted octanol–water partition coefficient (Wildman–Crippen LogP) is 4.69. The van der Waals surface area contributed by atoms with Crippen molar-refractivity contribution < 1.29 is 0 Å². The van der Waals surface area contributed by atoms with Crippen molar-refractivity contribution in [2.45, 2.75) is 56.7 Å². The molecule has 2 rings (SSSR count). The van der Waals surface area contributed by atoms with Crippen LogP contribution in [0.15, 0.2) is 24.3 Å². The Bertz CT molecular complexity index is 358. The van der Waals surface area contributed by atoms with E-state index in [4.69, 9.17) is 11.6 Å². The maximum Gasteiger partial charge on any atom is 0.0344 e. The van der Waals surface area contributed by atoms with Gasteiger partial charge < -0.3 is 0 Å². The molecule has 1 heteroatoms. The molecule has 0 saturated heterocycles. The molecule has 1 aliphatic rings. The maximum absolute atomic E-state index is 6.25. The van der Waals surface area contributed by atoms with Crippen LogP contribution in [0.2, 0.25) is 0 Å². The van der Waals surface area contributed by atoms with Gasteiger partial charge in [-0.3, -0.25) is 0 Å². The Labute approximate surface area is 104 Å². The van der Waals surface area contributed by atoms with E-state index in [-0.39, 0.29) is 0 Å². The van der Waals surface area contributed by atoms with Gasteiger partial charge in [0.1, 0.15) is 0 Å². The first-order valence-electron chi connectivity index (χ1n) is 6.37. The molecule has 0 nitrogen and oxygen atoms in total. The molecule has 0 heterocycles. The Morgan fingerprint density at radius 2 is 2.25 bits per heavy atom. The molecule has 0 aromatic heterocycles. The quantitative estimate of drug-likeness (QED) is 0.668. The van der Waals surface area contributed by atoms with Gasteiger partial charge in [0.05, 0.1) is 0 Å². The second-order valence-corrected chi connectivity index (χ2v) is 5.97. The summed E-state index contributed by atoms with van der Waals surface area (Å²) < 4.78 is 0. The summed E-state index contributed by atoms with van der Waals surface area (Å²) in [6, 6.07) is 9.10. The summed E-state index contributed by atoms with van der Waals surface area (Å²) >= 11 is 6.25. The summed E-state index contributed by atoms with van der Waals surface area (Å²) in [6.45, 7) is 4.60. The highest BCUT2D eigenvalue weighted by molar-refractivity contribution is 6.20. The van der Waals surface area contributed by atoms with Gasteiger partial charge >= 0.3 is 0 Å². The number of alkyl halides is 1. The van der Waals surface area contributed by atoms with Crippen molar-refractivity contribution in [3.8, 4) is 0 Å². The number of hydrogen-bond donors (Lipinski definition) is 0. The van der Waals surface area contributed by atoms with Crippen molar-refractivity contribution in [3.63, 3.8) is 0 Å². The Kier molecular flexibility index (Phi) is 3.59. The highest BCUT2D eigenvalue weighted by Crippen LogP contribution is 2.43. The van der Waals surface area contributed by atoms with Crippen molar-refractivity contribution in [3.05, 3.63) is 35.4 Å². The molecule has 2 atom stereocenters. The van der Waals surface area contributed by atoms with Crippen LogP contribution < -0.4 is 0 Å².